The molecule has 1 aromatic rings. The van der Waals surface area contributed by atoms with Gasteiger partial charge in [-0.1, -0.05) is 5.10 Å². The predicted molar refractivity (Wildman–Crippen MR) is 60.7 cm³/mol. The fourth-order valence-electron chi connectivity index (χ4n) is 3.04. The molecule has 106 valence electrons. The van der Waals surface area contributed by atoms with E-state index in [-0.39, 0.29) is 11.8 Å². The first-order valence-electron chi connectivity index (χ1n) is 6.25. The van der Waals surface area contributed by atoms with E-state index in [1.165, 1.54) is 4.90 Å². The number of alkyl halides is 3. The Balaban J connectivity index is 1.59. The number of hydrogen-bond donors (Lipinski definition) is 0. The number of likely N-dealkylation sites (tertiary alicyclic amines) is 1. The Morgan fingerprint density at radius 2 is 1.79 bits per heavy atom. The number of aromatic nitrogens is 2. The molecular weight excluding hydrogens is 261 g/mol. The van der Waals surface area contributed by atoms with E-state index < -0.39 is 12.7 Å². The van der Waals surface area contributed by atoms with Crippen molar-refractivity contribution in [3.05, 3.63) is 5.89 Å². The van der Waals surface area contributed by atoms with Gasteiger partial charge >= 0.3 is 12.2 Å². The Hall–Kier alpha value is -1.31. The molecule has 5 nitrogen and oxygen atoms in total. The number of hydrogen-bond acceptors (Lipinski definition) is 5. The van der Waals surface area contributed by atoms with Crippen LogP contribution in [-0.2, 0) is 0 Å². The lowest BCUT2D eigenvalue weighted by Gasteiger charge is -2.21. The van der Waals surface area contributed by atoms with Gasteiger partial charge in [-0.05, 0) is 11.8 Å². The van der Waals surface area contributed by atoms with Crippen LogP contribution in [0.2, 0.25) is 0 Å². The minimum atomic E-state index is -4.11. The van der Waals surface area contributed by atoms with Crippen molar-refractivity contribution in [2.45, 2.75) is 13.1 Å². The molecule has 0 bridgehead atoms. The van der Waals surface area contributed by atoms with E-state index >= 15 is 0 Å². The Morgan fingerprint density at radius 3 is 2.26 bits per heavy atom. The van der Waals surface area contributed by atoms with Crippen molar-refractivity contribution in [2.24, 2.45) is 11.8 Å². The summed E-state index contributed by atoms with van der Waals surface area (Å²) < 4.78 is 42.4. The largest absolute Gasteiger partial charge is 0.408 e. The molecule has 1 aromatic heterocycles. The molecule has 0 aromatic carbocycles. The summed E-state index contributed by atoms with van der Waals surface area (Å²) in [7, 11) is 0. The summed E-state index contributed by atoms with van der Waals surface area (Å²) in [6, 6.07) is 0.481. The number of anilines is 1. The molecule has 2 unspecified atom stereocenters. The summed E-state index contributed by atoms with van der Waals surface area (Å²) in [6.45, 7) is 3.29. The number of fused-ring (bicyclic) bond motifs is 1. The molecule has 8 heteroatoms. The van der Waals surface area contributed by atoms with E-state index in [2.05, 4.69) is 10.2 Å². The van der Waals surface area contributed by atoms with Crippen LogP contribution in [0, 0.1) is 18.8 Å². The molecule has 2 fully saturated rings. The Morgan fingerprint density at radius 1 is 1.16 bits per heavy atom. The molecule has 3 rings (SSSR count). The fraction of sp³-hybridized carbons (Fsp3) is 0.818. The SMILES string of the molecule is Cc1nnc(N2CC3CN(CC(F)(F)F)CC3C2)o1. The Bertz CT molecular complexity index is 447. The maximum absolute atomic E-state index is 12.3. The summed E-state index contributed by atoms with van der Waals surface area (Å²) in [6.07, 6.45) is -4.11. The third-order valence-electron chi connectivity index (χ3n) is 3.75. The van der Waals surface area contributed by atoms with E-state index in [0.717, 1.165) is 0 Å². The molecule has 0 saturated carbocycles. The third kappa shape index (κ3) is 2.68. The van der Waals surface area contributed by atoms with Gasteiger partial charge in [-0.3, -0.25) is 4.90 Å². The van der Waals surface area contributed by atoms with Crippen LogP contribution in [0.1, 0.15) is 5.89 Å². The fourth-order valence-corrected chi connectivity index (χ4v) is 3.04. The number of aryl methyl sites for hydroxylation is 1. The summed E-state index contributed by atoms with van der Waals surface area (Å²) in [5.41, 5.74) is 0. The van der Waals surface area contributed by atoms with Gasteiger partial charge in [0.2, 0.25) is 5.89 Å². The van der Waals surface area contributed by atoms with Gasteiger partial charge in [0.05, 0.1) is 6.54 Å². The molecule has 19 heavy (non-hydrogen) atoms. The molecule has 0 N–H and O–H groups in total. The zero-order valence-corrected chi connectivity index (χ0v) is 10.5. The van der Waals surface area contributed by atoms with E-state index in [9.17, 15) is 13.2 Å². The molecule has 2 saturated heterocycles. The summed E-state index contributed by atoms with van der Waals surface area (Å²) in [5.74, 6) is 1.02. The smallest absolute Gasteiger partial charge is 0.401 e. The third-order valence-corrected chi connectivity index (χ3v) is 3.75. The van der Waals surface area contributed by atoms with Crippen LogP contribution in [0.4, 0.5) is 19.2 Å². The normalized spacial score (nSPS) is 28.1. The first kappa shape index (κ1) is 12.7. The monoisotopic (exact) mass is 276 g/mol. The highest BCUT2D eigenvalue weighted by Crippen LogP contribution is 2.34. The van der Waals surface area contributed by atoms with E-state index in [0.29, 0.717) is 38.1 Å². The highest BCUT2D eigenvalue weighted by molar-refractivity contribution is 5.28. The van der Waals surface area contributed by atoms with Crippen LogP contribution in [0.3, 0.4) is 0 Å². The molecule has 2 aliphatic rings. The van der Waals surface area contributed by atoms with Crippen molar-refractivity contribution in [3.8, 4) is 0 Å². The van der Waals surface area contributed by atoms with Crippen LogP contribution in [0.25, 0.3) is 0 Å². The van der Waals surface area contributed by atoms with E-state index in [1.54, 1.807) is 6.92 Å². The maximum atomic E-state index is 12.3. The van der Waals surface area contributed by atoms with Gasteiger partial charge in [0, 0.05) is 33.1 Å². The molecule has 2 atom stereocenters. The zero-order valence-electron chi connectivity index (χ0n) is 10.5. The topological polar surface area (TPSA) is 45.4 Å². The molecule has 3 heterocycles. The van der Waals surface area contributed by atoms with Crippen molar-refractivity contribution < 1.29 is 17.6 Å². The number of halogens is 3. The molecule has 0 aliphatic carbocycles. The van der Waals surface area contributed by atoms with Gasteiger partial charge in [-0.2, -0.15) is 13.2 Å². The molecule has 2 aliphatic heterocycles. The first-order valence-corrected chi connectivity index (χ1v) is 6.25. The van der Waals surface area contributed by atoms with Crippen LogP contribution in [0.15, 0.2) is 4.42 Å². The second kappa shape index (κ2) is 4.36. The summed E-state index contributed by atoms with van der Waals surface area (Å²) in [5, 5.41) is 7.72. The van der Waals surface area contributed by atoms with Crippen molar-refractivity contribution in [1.82, 2.24) is 15.1 Å². The molecule has 0 amide bonds. The number of nitrogens with zero attached hydrogens (tertiary/aromatic N) is 4. The zero-order chi connectivity index (χ0) is 13.6. The van der Waals surface area contributed by atoms with Gasteiger partial charge in [0.1, 0.15) is 0 Å². The van der Waals surface area contributed by atoms with Crippen LogP contribution in [-0.4, -0.2) is 54.0 Å². The van der Waals surface area contributed by atoms with Gasteiger partial charge < -0.3 is 9.32 Å². The summed E-state index contributed by atoms with van der Waals surface area (Å²) in [4.78, 5) is 3.46. The van der Waals surface area contributed by atoms with Crippen molar-refractivity contribution in [1.29, 1.82) is 0 Å². The lowest BCUT2D eigenvalue weighted by atomic mass is 10.0. The van der Waals surface area contributed by atoms with Gasteiger partial charge in [-0.15, -0.1) is 5.10 Å². The minimum Gasteiger partial charge on any atom is -0.408 e. The van der Waals surface area contributed by atoms with E-state index in [4.69, 9.17) is 4.42 Å². The standard InChI is InChI=1S/C11H15F3N4O/c1-7-15-16-10(19-7)18-4-8-2-17(3-9(8)5-18)6-11(12,13)14/h8-9H,2-6H2,1H3. The second-order valence-electron chi connectivity index (χ2n) is 5.34. The summed E-state index contributed by atoms with van der Waals surface area (Å²) >= 11 is 0. The molecule has 0 spiro atoms. The van der Waals surface area contributed by atoms with Crippen LogP contribution >= 0.6 is 0 Å². The second-order valence-corrected chi connectivity index (χ2v) is 5.34. The average molecular weight is 276 g/mol. The highest BCUT2D eigenvalue weighted by atomic mass is 19.4. The lowest BCUT2D eigenvalue weighted by molar-refractivity contribution is -0.144. The number of rotatable bonds is 2. The van der Waals surface area contributed by atoms with Crippen molar-refractivity contribution >= 4 is 6.01 Å². The molecular formula is C11H15F3N4O. The van der Waals surface area contributed by atoms with Crippen LogP contribution in [0.5, 0.6) is 0 Å². The average Bonchev–Trinajstić information content (AvgIpc) is 2.88. The Kier molecular flexibility index (Phi) is 2.92. The first-order chi connectivity index (χ1) is 8.90. The maximum Gasteiger partial charge on any atom is 0.401 e. The van der Waals surface area contributed by atoms with Crippen LogP contribution < -0.4 is 4.90 Å². The highest BCUT2D eigenvalue weighted by Gasteiger charge is 2.44. The van der Waals surface area contributed by atoms with Crippen molar-refractivity contribution in [2.75, 3.05) is 37.6 Å². The predicted octanol–water partition coefficient (Wildman–Crippen LogP) is 1.31. The lowest BCUT2D eigenvalue weighted by Crippen LogP contribution is -2.35. The van der Waals surface area contributed by atoms with E-state index in [1.807, 2.05) is 4.90 Å². The quantitative estimate of drug-likeness (QED) is 0.815. The Labute approximate surface area is 108 Å². The minimum absolute atomic E-state index is 0.259. The van der Waals surface area contributed by atoms with Gasteiger partial charge in [0.15, 0.2) is 0 Å². The molecule has 0 radical (unpaired) electrons. The van der Waals surface area contributed by atoms with Gasteiger partial charge in [-0.25, -0.2) is 0 Å². The van der Waals surface area contributed by atoms with Crippen molar-refractivity contribution in [3.63, 3.8) is 0 Å². The van der Waals surface area contributed by atoms with Gasteiger partial charge in [0.25, 0.3) is 0 Å².